The number of carbonyl (C=O) groups excluding carboxylic acids is 18. The molecule has 0 spiro atoms. The first-order valence-electron chi connectivity index (χ1n) is 54.4. The number of Topliss-reactive ketones (excluding diaryl/α,β-unsaturated/α-hetero) is 3. The Hall–Kier alpha value is -11.7. The van der Waals surface area contributed by atoms with Crippen molar-refractivity contribution in [2.45, 2.75) is 375 Å². The number of piperidine rings is 3. The lowest BCUT2D eigenvalue weighted by molar-refractivity contribution is -0.147. The molecular weight excluding hydrogens is 1890 g/mol. The summed E-state index contributed by atoms with van der Waals surface area (Å²) >= 11 is 0. The van der Waals surface area contributed by atoms with Crippen LogP contribution in [0.4, 0.5) is 0 Å². The van der Waals surface area contributed by atoms with Crippen molar-refractivity contribution in [3.63, 3.8) is 0 Å². The van der Waals surface area contributed by atoms with Crippen LogP contribution >= 0.6 is 0 Å². The van der Waals surface area contributed by atoms with E-state index in [9.17, 15) is 86.3 Å². The van der Waals surface area contributed by atoms with Gasteiger partial charge in [-0.2, -0.15) is 0 Å². The molecule has 13 N–H and O–H groups in total. The third-order valence-corrected chi connectivity index (χ3v) is 34.7. The molecule has 39 heteroatoms. The van der Waals surface area contributed by atoms with E-state index in [1.165, 1.54) is 60.7 Å². The van der Waals surface area contributed by atoms with E-state index in [1.54, 1.807) is 9.80 Å². The summed E-state index contributed by atoms with van der Waals surface area (Å²) in [4.78, 5) is 274. The zero-order chi connectivity index (χ0) is 107. The van der Waals surface area contributed by atoms with Gasteiger partial charge in [-0.25, -0.2) is 15.0 Å². The molecule has 11 saturated carbocycles. The number of fused-ring (bicyclic) bond motifs is 3. The Balaban J connectivity index is 0.000000166. The Morgan fingerprint density at radius 3 is 0.818 bits per heavy atom. The average molecular weight is 2050 g/mol. The summed E-state index contributed by atoms with van der Waals surface area (Å²) in [6.07, 6.45) is 37.2. The minimum atomic E-state index is -1.10. The molecule has 806 valence electrons. The van der Waals surface area contributed by atoms with Gasteiger partial charge in [-0.1, -0.05) is 207 Å². The number of ketones is 3. The van der Waals surface area contributed by atoms with Gasteiger partial charge >= 0.3 is 0 Å². The third kappa shape index (κ3) is 26.1. The fourth-order valence-corrected chi connectivity index (χ4v) is 24.4. The normalized spacial score (nSPS) is 25.9. The van der Waals surface area contributed by atoms with Crippen molar-refractivity contribution in [2.75, 3.05) is 19.6 Å². The molecule has 3 saturated heterocycles. The number of primary amides is 1. The number of amides is 15. The van der Waals surface area contributed by atoms with E-state index >= 15 is 0 Å². The number of aromatic nitrogens is 6. The quantitative estimate of drug-likeness (QED) is 0.0272. The van der Waals surface area contributed by atoms with Gasteiger partial charge < -0.3 is 78.9 Å². The van der Waals surface area contributed by atoms with Gasteiger partial charge in [-0.05, 0) is 187 Å². The van der Waals surface area contributed by atoms with Crippen LogP contribution in [0, 0.1) is 104 Å². The molecule has 0 bridgehead atoms. The summed E-state index contributed by atoms with van der Waals surface area (Å²) in [5, 5.41) is 31.8. The monoisotopic (exact) mass is 2050 g/mol. The lowest BCUT2D eigenvalue weighted by Crippen LogP contribution is -2.63. The Labute approximate surface area is 867 Å². The maximum absolute atomic E-state index is 14.6. The molecule has 0 aromatic carbocycles. The van der Waals surface area contributed by atoms with Gasteiger partial charge in [-0.3, -0.25) is 101 Å². The second-order valence-electron chi connectivity index (χ2n) is 49.9. The molecule has 3 unspecified atom stereocenters. The Bertz CT molecular complexity index is 5450. The zero-order valence-corrected chi connectivity index (χ0v) is 88.8. The number of hydrogen-bond acceptors (Lipinski definition) is 24. The van der Waals surface area contributed by atoms with Crippen molar-refractivity contribution in [1.82, 2.24) is 103 Å². The number of nitrogens with two attached hydrogens (primary N) is 1. The van der Waals surface area contributed by atoms with Crippen LogP contribution in [0.15, 0.2) is 55.8 Å². The van der Waals surface area contributed by atoms with Gasteiger partial charge in [0.2, 0.25) is 70.5 Å². The first-order chi connectivity index (χ1) is 69.9. The standard InChI is InChI=1S/C38H55N7O6.C37H53N7O6.C34H49N7O6/c1-37(2,3)31(44-33(48)28(22-12-7-6-8-13-22)43-32(47)26-19-39-16-17-40-26)36(51)45-20-24-27(38(24,4)5)29(45)34(49)42-25(18-21-10-9-11-21)30(46)35(50)41-23-14-15-23;1-36(2,3)30(43-32(47)27(21-9-7-6-8-10-21)42-31(46)25-18-38-15-16-39-25)35(50)44-19-23-26(37(23,4)5)28(44)33(48)41-24(17-20-11-12-20)29(45)34(49)40-22-13-14-22;1-33(2,3)27(40-30(45)24(19-9-7-6-8-10-19)39-29(44)22-16-36-13-14-37-22)32(47)41-17-20-23(34(20,4)5)25(41)31(46)38-21(15-18-11-12-18)26(42)28(35)43/h16-17,19,21-25,27-29,31H,6-15,18,20H2,1-5H3,(H,41,50)(H,42,49)(H,43,47)(H,44,48);15-16,18,20-24,26-28,30H,6-14,17,19H2,1-5H3,(H,40,49)(H,41,48)(H,42,46)(H,43,47);13-14,16,18-21,23-25,27H,6-12,15,17H2,1-5H3,(H2,35,43)(H,38,46)(H,39,44)(H,40,45)/t24-,25?,27-,28-,29-,31+;23-,24?,26-,27-,28-,30+;20-,21?,23-,24-,25-,27+/m000/s1. The minimum Gasteiger partial charge on any atom is -0.363 e. The summed E-state index contributed by atoms with van der Waals surface area (Å²) in [7, 11) is 0. The first kappa shape index (κ1) is 110. The van der Waals surface area contributed by atoms with Gasteiger partial charge in [-0.15, -0.1) is 0 Å². The van der Waals surface area contributed by atoms with Gasteiger partial charge in [0.1, 0.15) is 71.5 Å². The molecule has 3 aliphatic heterocycles. The van der Waals surface area contributed by atoms with Crippen LogP contribution < -0.4 is 64.2 Å². The van der Waals surface area contributed by atoms with Crippen LogP contribution in [0.25, 0.3) is 0 Å². The van der Waals surface area contributed by atoms with E-state index in [4.69, 9.17) is 5.73 Å². The van der Waals surface area contributed by atoms with Crippen LogP contribution in [0.1, 0.15) is 322 Å². The van der Waals surface area contributed by atoms with Gasteiger partial charge in [0.05, 0.1) is 36.7 Å². The molecule has 148 heavy (non-hydrogen) atoms. The molecule has 3 aromatic rings. The summed E-state index contributed by atoms with van der Waals surface area (Å²) in [5.41, 5.74) is 2.79. The van der Waals surface area contributed by atoms with Crippen LogP contribution in [0.5, 0.6) is 0 Å². The van der Waals surface area contributed by atoms with Crippen LogP contribution in [0.3, 0.4) is 0 Å². The first-order valence-corrected chi connectivity index (χ1v) is 54.4. The SMILES string of the molecule is CC(C)(C)[C@H](NC(=O)[C@@H](NC(=O)c1cnccn1)C1CCCCC1)C(=O)N1C[C@H]2[C@@H]([C@H]1C(=O)NC(CC1CC1)C(=O)C(=O)NC1CC1)C2(C)C.CC(C)(C)[C@H](NC(=O)[C@@H](NC(=O)c1cnccn1)C1CCCCC1)C(=O)N1C[C@H]2[C@@H]([C@H]1C(=O)NC(CC1CC1)C(=O)C(N)=O)C2(C)C.CC(C)(C)[C@H](NC(=O)[C@@H](NC(=O)c1cnccn1)C1CCCCC1)C(=O)N1C[C@H]2[C@@H]([C@H]1C(=O)NC(CC1CCC1)C(=O)C(=O)NC1CC1)C2(C)C. The molecule has 14 fully saturated rings. The second kappa shape index (κ2) is 45.2. The predicted molar refractivity (Wildman–Crippen MR) is 542 cm³/mol. The number of rotatable bonds is 38. The van der Waals surface area contributed by atoms with E-state index in [0.717, 1.165) is 167 Å². The molecule has 15 amide bonds. The Morgan fingerprint density at radius 1 is 0.331 bits per heavy atom. The molecule has 14 aliphatic rings. The van der Waals surface area contributed by atoms with Crippen molar-refractivity contribution in [3.05, 3.63) is 72.9 Å². The summed E-state index contributed by atoms with van der Waals surface area (Å²) in [6, 6.07) is -11.2. The van der Waals surface area contributed by atoms with Crippen molar-refractivity contribution in [1.29, 1.82) is 0 Å². The topological polar surface area (TPSA) is 553 Å². The van der Waals surface area contributed by atoms with E-state index in [1.807, 2.05) is 62.3 Å². The van der Waals surface area contributed by atoms with E-state index in [2.05, 4.69) is 130 Å². The highest BCUT2D eigenvalue weighted by atomic mass is 16.2. The second-order valence-corrected chi connectivity index (χ2v) is 49.9. The number of likely N-dealkylation sites (tertiary alicyclic amines) is 3. The largest absolute Gasteiger partial charge is 0.363 e. The number of nitrogens with one attached hydrogen (secondary N) is 11. The molecule has 39 nitrogen and oxygen atoms in total. The molecule has 6 heterocycles. The fraction of sp³-hybridized carbons (Fsp3) is 0.725. The van der Waals surface area contributed by atoms with Crippen LogP contribution in [0.2, 0.25) is 0 Å². The maximum atomic E-state index is 14.6. The van der Waals surface area contributed by atoms with Gasteiger partial charge in [0.15, 0.2) is 0 Å². The number of hydrogen-bond donors (Lipinski definition) is 12. The lowest BCUT2D eigenvalue weighted by Gasteiger charge is -2.39. The Kier molecular flexibility index (Phi) is 33.7. The van der Waals surface area contributed by atoms with E-state index in [0.29, 0.717) is 38.9 Å². The van der Waals surface area contributed by atoms with Crippen molar-refractivity contribution < 1.29 is 86.3 Å². The van der Waals surface area contributed by atoms with E-state index in [-0.39, 0.29) is 128 Å². The highest BCUT2D eigenvalue weighted by Crippen LogP contribution is 2.67. The van der Waals surface area contributed by atoms with Gasteiger partial charge in [0.25, 0.3) is 35.4 Å². The van der Waals surface area contributed by atoms with Crippen LogP contribution in [-0.4, -0.2) is 255 Å². The highest BCUT2D eigenvalue weighted by molar-refractivity contribution is 6.39. The average Bonchev–Trinajstić information content (AvgIpc) is 1.53. The molecule has 3 aromatic heterocycles. The fourth-order valence-electron chi connectivity index (χ4n) is 24.4. The minimum absolute atomic E-state index is 0.0139. The predicted octanol–water partition coefficient (Wildman–Crippen LogP) is 6.50. The smallest absolute Gasteiger partial charge is 0.289 e. The zero-order valence-electron chi connectivity index (χ0n) is 88.8. The Morgan fingerprint density at radius 2 is 0.595 bits per heavy atom. The number of nitrogens with zero attached hydrogens (tertiary/aromatic N) is 9. The van der Waals surface area contributed by atoms with Crippen molar-refractivity contribution >= 4 is 106 Å². The maximum Gasteiger partial charge on any atom is 0.289 e. The molecule has 18 atom stereocenters. The number of carbonyl (C=O) groups is 18. The lowest BCUT2D eigenvalue weighted by atomic mass is 9.80. The molecule has 0 radical (unpaired) electrons. The van der Waals surface area contributed by atoms with E-state index < -0.39 is 183 Å². The highest BCUT2D eigenvalue weighted by Gasteiger charge is 2.73. The molecule has 11 aliphatic carbocycles. The van der Waals surface area contributed by atoms with Crippen molar-refractivity contribution in [3.8, 4) is 0 Å². The van der Waals surface area contributed by atoms with Crippen LogP contribution in [-0.2, 0) is 71.9 Å². The summed E-state index contributed by atoms with van der Waals surface area (Å²) < 4.78 is 0. The summed E-state index contributed by atoms with van der Waals surface area (Å²) in [6.45, 7) is 30.2. The summed E-state index contributed by atoms with van der Waals surface area (Å²) in [5.74, 6) is -9.77. The van der Waals surface area contributed by atoms with Gasteiger partial charge in [0, 0.05) is 68.9 Å². The molecule has 17 rings (SSSR count). The van der Waals surface area contributed by atoms with Crippen molar-refractivity contribution in [2.24, 2.45) is 109 Å². The third-order valence-electron chi connectivity index (χ3n) is 34.7. The molecular formula is C109H157N21O18.